The number of carbonyl (C=O) groups is 2. The van der Waals surface area contributed by atoms with Crippen molar-refractivity contribution in [2.24, 2.45) is 0 Å². The Morgan fingerprint density at radius 3 is 2.15 bits per heavy atom. The Bertz CT molecular complexity index is 315. The van der Waals surface area contributed by atoms with Crippen LogP contribution in [0.15, 0.2) is 12.2 Å². The lowest BCUT2D eigenvalue weighted by atomic mass is 10.3. The van der Waals surface area contributed by atoms with Crippen LogP contribution in [0.2, 0.25) is 0 Å². The van der Waals surface area contributed by atoms with Gasteiger partial charge in [0.1, 0.15) is 0 Å². The molecule has 0 aromatic carbocycles. The Morgan fingerprint density at radius 1 is 0.950 bits per heavy atom. The van der Waals surface area contributed by atoms with Gasteiger partial charge in [-0.3, -0.25) is 9.59 Å². The number of hydrogen-bond acceptors (Lipinski definition) is 4. The normalized spacial score (nSPS) is 11.3. The van der Waals surface area contributed by atoms with Crippen molar-refractivity contribution in [1.29, 1.82) is 0 Å². The highest BCUT2D eigenvalue weighted by Crippen LogP contribution is 1.81. The van der Waals surface area contributed by atoms with Crippen LogP contribution in [0.4, 0.5) is 0 Å². The predicted molar refractivity (Wildman–Crippen MR) is 79.4 cm³/mol. The number of hydrogen-bond donors (Lipinski definition) is 3. The summed E-state index contributed by atoms with van der Waals surface area (Å²) < 4.78 is 5.33. The molecule has 0 aromatic rings. The first kappa shape index (κ1) is 18.6. The summed E-state index contributed by atoms with van der Waals surface area (Å²) in [5.41, 5.74) is 0. The number of nitrogens with one attached hydrogen (secondary N) is 3. The summed E-state index contributed by atoms with van der Waals surface area (Å²) in [6.07, 6.45) is 2.45. The van der Waals surface area contributed by atoms with Crippen LogP contribution in [0, 0.1) is 0 Å². The molecule has 0 rings (SSSR count). The summed E-state index contributed by atoms with van der Waals surface area (Å²) in [6, 6.07) is 0.503. The molecule has 3 N–H and O–H groups in total. The maximum Gasteiger partial charge on any atom is 0.244 e. The van der Waals surface area contributed by atoms with Crippen molar-refractivity contribution in [3.63, 3.8) is 0 Å². The number of rotatable bonds is 10. The fraction of sp³-hybridized carbons (Fsp3) is 0.714. The van der Waals surface area contributed by atoms with Gasteiger partial charge in [-0.1, -0.05) is 13.8 Å². The highest BCUT2D eigenvalue weighted by atomic mass is 16.5. The van der Waals surface area contributed by atoms with Crippen molar-refractivity contribution in [2.75, 3.05) is 26.3 Å². The zero-order valence-corrected chi connectivity index (χ0v) is 12.9. The molecule has 116 valence electrons. The molecular formula is C14H27N3O3. The molecule has 0 spiro atoms. The van der Waals surface area contributed by atoms with E-state index in [1.165, 1.54) is 12.2 Å². The molecule has 0 aliphatic carbocycles. The molecule has 20 heavy (non-hydrogen) atoms. The lowest BCUT2D eigenvalue weighted by Crippen LogP contribution is -2.30. The monoisotopic (exact) mass is 285 g/mol. The lowest BCUT2D eigenvalue weighted by Gasteiger charge is -2.08. The van der Waals surface area contributed by atoms with Gasteiger partial charge in [-0.15, -0.1) is 0 Å². The molecule has 6 heteroatoms. The summed E-state index contributed by atoms with van der Waals surface area (Å²) in [7, 11) is 0. The quantitative estimate of drug-likeness (QED) is 0.396. The van der Waals surface area contributed by atoms with Crippen LogP contribution in [0.5, 0.6) is 0 Å². The van der Waals surface area contributed by atoms with E-state index in [0.717, 1.165) is 6.54 Å². The van der Waals surface area contributed by atoms with Crippen molar-refractivity contribution < 1.29 is 14.3 Å². The van der Waals surface area contributed by atoms with Gasteiger partial charge in [0.15, 0.2) is 0 Å². The molecule has 0 aliphatic heterocycles. The molecule has 0 radical (unpaired) electrons. The second kappa shape index (κ2) is 11.4. The lowest BCUT2D eigenvalue weighted by molar-refractivity contribution is -0.119. The minimum atomic E-state index is -0.298. The minimum Gasteiger partial charge on any atom is -0.378 e. The predicted octanol–water partition coefficient (Wildman–Crippen LogP) is 0.198. The van der Waals surface area contributed by atoms with E-state index in [2.05, 4.69) is 29.8 Å². The van der Waals surface area contributed by atoms with E-state index < -0.39 is 0 Å². The average Bonchev–Trinajstić information content (AvgIpc) is 2.34. The van der Waals surface area contributed by atoms with Crippen molar-refractivity contribution in [3.8, 4) is 0 Å². The average molecular weight is 285 g/mol. The molecule has 0 unspecified atom stereocenters. The molecule has 0 atom stereocenters. The Labute approximate surface area is 121 Å². The number of amides is 2. The molecule has 0 fully saturated rings. The van der Waals surface area contributed by atoms with E-state index >= 15 is 0 Å². The third kappa shape index (κ3) is 13.0. The van der Waals surface area contributed by atoms with Crippen LogP contribution in [0.25, 0.3) is 0 Å². The minimum absolute atomic E-state index is 0.0584. The summed E-state index contributed by atoms with van der Waals surface area (Å²) in [6.45, 7) is 10.1. The van der Waals surface area contributed by atoms with Crippen LogP contribution in [-0.4, -0.2) is 50.2 Å². The number of ether oxygens (including phenoxy) is 1. The van der Waals surface area contributed by atoms with E-state index in [-0.39, 0.29) is 17.9 Å². The molecule has 0 aromatic heterocycles. The molecule has 0 heterocycles. The van der Waals surface area contributed by atoms with E-state index in [4.69, 9.17) is 4.74 Å². The molecule has 0 bridgehead atoms. The zero-order valence-electron chi connectivity index (χ0n) is 12.9. The second-order valence-corrected chi connectivity index (χ2v) is 5.01. The van der Waals surface area contributed by atoms with Crippen LogP contribution < -0.4 is 16.0 Å². The zero-order chi connectivity index (χ0) is 15.4. The van der Waals surface area contributed by atoms with Crippen molar-refractivity contribution in [1.82, 2.24) is 16.0 Å². The summed E-state index contributed by atoms with van der Waals surface area (Å²) in [5, 5.41) is 8.53. The first-order valence-electron chi connectivity index (χ1n) is 6.99. The molecule has 6 nitrogen and oxygen atoms in total. The van der Waals surface area contributed by atoms with Crippen molar-refractivity contribution >= 4 is 11.8 Å². The Balaban J connectivity index is 3.54. The van der Waals surface area contributed by atoms with Gasteiger partial charge in [0.25, 0.3) is 0 Å². The SMILES string of the molecule is CC(C)NCCOCCNC(=O)/C=C/C(=O)NC(C)C. The smallest absolute Gasteiger partial charge is 0.244 e. The van der Waals surface area contributed by atoms with Gasteiger partial charge >= 0.3 is 0 Å². The molecular weight excluding hydrogens is 258 g/mol. The molecule has 0 saturated heterocycles. The first-order valence-corrected chi connectivity index (χ1v) is 6.99. The maximum absolute atomic E-state index is 11.4. The van der Waals surface area contributed by atoms with E-state index in [0.29, 0.717) is 25.8 Å². The maximum atomic E-state index is 11.4. The molecule has 0 saturated carbocycles. The van der Waals surface area contributed by atoms with Crippen LogP contribution in [-0.2, 0) is 14.3 Å². The topological polar surface area (TPSA) is 79.5 Å². The summed E-state index contributed by atoms with van der Waals surface area (Å²) >= 11 is 0. The fourth-order valence-electron chi connectivity index (χ4n) is 1.31. The highest BCUT2D eigenvalue weighted by Gasteiger charge is 2.00. The Morgan fingerprint density at radius 2 is 1.55 bits per heavy atom. The highest BCUT2D eigenvalue weighted by molar-refractivity contribution is 5.96. The molecule has 0 aliphatic rings. The Kier molecular flexibility index (Phi) is 10.6. The largest absolute Gasteiger partial charge is 0.378 e. The van der Waals surface area contributed by atoms with Gasteiger partial charge in [-0.05, 0) is 13.8 Å². The third-order valence-electron chi connectivity index (χ3n) is 2.16. The first-order chi connectivity index (χ1) is 9.41. The van der Waals surface area contributed by atoms with Gasteiger partial charge in [-0.2, -0.15) is 0 Å². The summed E-state index contributed by atoms with van der Waals surface area (Å²) in [5.74, 6) is -0.570. The van der Waals surface area contributed by atoms with Gasteiger partial charge in [0.2, 0.25) is 11.8 Å². The van der Waals surface area contributed by atoms with E-state index in [1.807, 2.05) is 13.8 Å². The van der Waals surface area contributed by atoms with Gasteiger partial charge in [0.05, 0.1) is 13.2 Å². The van der Waals surface area contributed by atoms with Crippen LogP contribution in [0.3, 0.4) is 0 Å². The number of carbonyl (C=O) groups excluding carboxylic acids is 2. The van der Waals surface area contributed by atoms with Gasteiger partial charge in [-0.25, -0.2) is 0 Å². The molecule has 2 amide bonds. The van der Waals surface area contributed by atoms with Gasteiger partial charge < -0.3 is 20.7 Å². The summed E-state index contributed by atoms with van der Waals surface area (Å²) in [4.78, 5) is 22.6. The fourth-order valence-corrected chi connectivity index (χ4v) is 1.31. The van der Waals surface area contributed by atoms with E-state index in [1.54, 1.807) is 0 Å². The van der Waals surface area contributed by atoms with E-state index in [9.17, 15) is 9.59 Å². The van der Waals surface area contributed by atoms with Gasteiger partial charge in [0, 0.05) is 37.3 Å². The van der Waals surface area contributed by atoms with Crippen LogP contribution in [0.1, 0.15) is 27.7 Å². The standard InChI is InChI=1S/C14H27N3O3/c1-11(2)15-7-9-20-10-8-16-13(18)5-6-14(19)17-12(3)4/h5-6,11-12,15H,7-10H2,1-4H3,(H,16,18)(H,17,19)/b6-5+. The Hall–Kier alpha value is -1.40. The van der Waals surface area contributed by atoms with Crippen LogP contribution >= 0.6 is 0 Å². The van der Waals surface area contributed by atoms with Crippen molar-refractivity contribution in [2.45, 2.75) is 39.8 Å². The second-order valence-electron chi connectivity index (χ2n) is 5.01. The third-order valence-corrected chi connectivity index (χ3v) is 2.16. The van der Waals surface area contributed by atoms with Crippen molar-refractivity contribution in [3.05, 3.63) is 12.2 Å².